The topological polar surface area (TPSA) is 52.4 Å². The zero-order chi connectivity index (χ0) is 4.28. The van der Waals surface area contributed by atoms with Crippen molar-refractivity contribution in [3.8, 4) is 0 Å². The van der Waals surface area contributed by atoms with Crippen LogP contribution in [0.25, 0.3) is 0 Å². The molecule has 0 saturated heterocycles. The summed E-state index contributed by atoms with van der Waals surface area (Å²) in [7, 11) is 1.00. The fourth-order valence-electron chi connectivity index (χ4n) is 0. The Hall–Kier alpha value is -0.177. The summed E-state index contributed by atoms with van der Waals surface area (Å²) in [4.78, 5) is 12.4. The van der Waals surface area contributed by atoms with E-state index in [1.165, 1.54) is 0 Å². The molecule has 0 fully saturated rings. The molecule has 6 heavy (non-hydrogen) atoms. The van der Waals surface area contributed by atoms with Crippen molar-refractivity contribution in [2.24, 2.45) is 0 Å². The van der Waals surface area contributed by atoms with Crippen LogP contribution < -0.4 is 0 Å². The number of nitrogens with zero attached hydrogens (tertiary/aromatic N) is 1. The standard InChI is InChI=1S/CH3NO3.Zn/c1-5-2(3)4;/h1H3;/q;+2. The summed E-state index contributed by atoms with van der Waals surface area (Å²) in [5.41, 5.74) is 0. The van der Waals surface area contributed by atoms with Crippen LogP contribution in [-0.2, 0) is 24.3 Å². The van der Waals surface area contributed by atoms with Crippen LogP contribution in [0.4, 0.5) is 0 Å². The van der Waals surface area contributed by atoms with Crippen molar-refractivity contribution in [3.05, 3.63) is 10.1 Å². The predicted octanol–water partition coefficient (Wildman–Crippen LogP) is -0.178. The Morgan fingerprint density at radius 1 is 1.83 bits per heavy atom. The molecule has 30 valence electrons. The first-order chi connectivity index (χ1) is 2.27. The van der Waals surface area contributed by atoms with E-state index >= 15 is 0 Å². The average Bonchev–Trinajstić information content (AvgIpc) is 1.38. The molecule has 0 aromatic heterocycles. The van der Waals surface area contributed by atoms with Gasteiger partial charge in [-0.15, -0.1) is 10.1 Å². The van der Waals surface area contributed by atoms with Gasteiger partial charge in [0.25, 0.3) is 5.09 Å². The maximum absolute atomic E-state index is 8.95. The van der Waals surface area contributed by atoms with Crippen LogP contribution in [0.5, 0.6) is 0 Å². The molecule has 0 atom stereocenters. The molecule has 0 unspecified atom stereocenters. The van der Waals surface area contributed by atoms with Crippen LogP contribution >= 0.6 is 0 Å². The largest absolute Gasteiger partial charge is 2.00 e. The van der Waals surface area contributed by atoms with Crippen molar-refractivity contribution in [1.29, 1.82) is 0 Å². The molecule has 0 radical (unpaired) electrons. The molecule has 0 aromatic rings. The molecule has 0 rings (SSSR count). The van der Waals surface area contributed by atoms with Crippen LogP contribution in [0, 0.1) is 10.1 Å². The van der Waals surface area contributed by atoms with Gasteiger partial charge in [-0.1, -0.05) is 0 Å². The van der Waals surface area contributed by atoms with E-state index in [2.05, 4.69) is 4.84 Å². The van der Waals surface area contributed by atoms with Gasteiger partial charge in [0.15, 0.2) is 0 Å². The molecule has 0 aliphatic heterocycles. The molecule has 0 heterocycles. The third-order valence-corrected chi connectivity index (χ3v) is 0.149. The van der Waals surface area contributed by atoms with E-state index in [1.54, 1.807) is 0 Å². The van der Waals surface area contributed by atoms with E-state index in [4.69, 9.17) is 10.1 Å². The molecule has 5 heteroatoms. The Morgan fingerprint density at radius 3 is 2.00 bits per heavy atom. The van der Waals surface area contributed by atoms with Crippen molar-refractivity contribution in [1.82, 2.24) is 0 Å². The number of rotatable bonds is 1. The van der Waals surface area contributed by atoms with Gasteiger partial charge in [-0.25, -0.2) is 0 Å². The maximum atomic E-state index is 8.95. The second-order valence-corrected chi connectivity index (χ2v) is 0.406. The van der Waals surface area contributed by atoms with Crippen LogP contribution in [0.1, 0.15) is 0 Å². The summed E-state index contributed by atoms with van der Waals surface area (Å²) in [6, 6.07) is 0. The van der Waals surface area contributed by atoms with E-state index in [9.17, 15) is 0 Å². The number of hydrogen-bond donors (Lipinski definition) is 0. The molecule has 0 aromatic carbocycles. The molecule has 0 N–H and O–H groups in total. The zero-order valence-corrected chi connectivity index (χ0v) is 6.35. The summed E-state index contributed by atoms with van der Waals surface area (Å²) in [5, 5.41) is 8.08. The Morgan fingerprint density at radius 2 is 2.00 bits per heavy atom. The monoisotopic (exact) mass is 141 g/mol. The first kappa shape index (κ1) is 9.27. The van der Waals surface area contributed by atoms with Crippen LogP contribution in [0.3, 0.4) is 0 Å². The van der Waals surface area contributed by atoms with Gasteiger partial charge in [0.05, 0.1) is 7.11 Å². The van der Waals surface area contributed by atoms with E-state index in [0.717, 1.165) is 7.11 Å². The van der Waals surface area contributed by atoms with Gasteiger partial charge >= 0.3 is 19.5 Å². The van der Waals surface area contributed by atoms with Gasteiger partial charge in [0.2, 0.25) is 0 Å². The first-order valence-electron chi connectivity index (χ1n) is 0.956. The van der Waals surface area contributed by atoms with Crippen LogP contribution in [0.15, 0.2) is 0 Å². The van der Waals surface area contributed by atoms with Gasteiger partial charge in [-0.05, 0) is 0 Å². The van der Waals surface area contributed by atoms with Gasteiger partial charge in [0, 0.05) is 0 Å². The second-order valence-electron chi connectivity index (χ2n) is 0.406. The second kappa shape index (κ2) is 4.82. The summed E-state index contributed by atoms with van der Waals surface area (Å²) >= 11 is 0. The Labute approximate surface area is 47.3 Å². The van der Waals surface area contributed by atoms with E-state index in [1.807, 2.05) is 0 Å². The van der Waals surface area contributed by atoms with Gasteiger partial charge in [0.1, 0.15) is 0 Å². The van der Waals surface area contributed by atoms with Crippen molar-refractivity contribution in [2.45, 2.75) is 0 Å². The fraction of sp³-hybridized carbons (Fsp3) is 1.00. The van der Waals surface area contributed by atoms with Crippen molar-refractivity contribution in [2.75, 3.05) is 7.11 Å². The first-order valence-corrected chi connectivity index (χ1v) is 0.956. The molecule has 0 aliphatic carbocycles. The quantitative estimate of drug-likeness (QED) is 0.290. The van der Waals surface area contributed by atoms with Gasteiger partial charge in [-0.2, -0.15) is 0 Å². The van der Waals surface area contributed by atoms with E-state index in [0.29, 0.717) is 0 Å². The normalized spacial score (nSPS) is 5.50. The van der Waals surface area contributed by atoms with Gasteiger partial charge < -0.3 is 4.84 Å². The number of hydrogen-bond acceptors (Lipinski definition) is 3. The Bertz CT molecular complexity index is 46.1. The van der Waals surface area contributed by atoms with Crippen LogP contribution in [-0.4, -0.2) is 12.2 Å². The molecule has 0 bridgehead atoms. The third kappa shape index (κ3) is 9.17. The fourth-order valence-corrected chi connectivity index (χ4v) is 0. The molecular weight excluding hydrogens is 139 g/mol. The predicted molar refractivity (Wildman–Crippen MR) is 14.0 cm³/mol. The Kier molecular flexibility index (Phi) is 7.45. The third-order valence-electron chi connectivity index (χ3n) is 0.149. The van der Waals surface area contributed by atoms with E-state index in [-0.39, 0.29) is 19.5 Å². The van der Waals surface area contributed by atoms with Crippen LogP contribution in [0.2, 0.25) is 0 Å². The smallest absolute Gasteiger partial charge is 0.317 e. The molecular formula is CH3NO3Zn+2. The molecule has 0 amide bonds. The maximum Gasteiger partial charge on any atom is 2.00 e. The summed E-state index contributed by atoms with van der Waals surface area (Å²) in [6.07, 6.45) is 0. The molecule has 0 aliphatic rings. The summed E-state index contributed by atoms with van der Waals surface area (Å²) in [6.45, 7) is 0. The van der Waals surface area contributed by atoms with Crippen molar-refractivity contribution >= 4 is 0 Å². The molecule has 4 nitrogen and oxygen atoms in total. The zero-order valence-electron chi connectivity index (χ0n) is 3.38. The van der Waals surface area contributed by atoms with Crippen molar-refractivity contribution in [3.63, 3.8) is 0 Å². The minimum absolute atomic E-state index is 0. The van der Waals surface area contributed by atoms with Gasteiger partial charge in [-0.3, -0.25) is 0 Å². The summed E-state index contributed by atoms with van der Waals surface area (Å²) in [5.74, 6) is 0. The average molecular weight is 142 g/mol. The molecule has 0 spiro atoms. The Balaban J connectivity index is 0. The minimum atomic E-state index is -0.875. The van der Waals surface area contributed by atoms with Crippen molar-refractivity contribution < 1.29 is 29.4 Å². The van der Waals surface area contributed by atoms with E-state index < -0.39 is 5.09 Å². The SMILES string of the molecule is CO[N+](=O)[O-].[Zn+2]. The molecule has 0 saturated carbocycles. The minimum Gasteiger partial charge on any atom is -0.317 e. The summed E-state index contributed by atoms with van der Waals surface area (Å²) < 4.78 is 0.